The van der Waals surface area contributed by atoms with Gasteiger partial charge in [0.15, 0.2) is 5.16 Å². The first kappa shape index (κ1) is 28.7. The van der Waals surface area contributed by atoms with Gasteiger partial charge in [0.2, 0.25) is 5.91 Å². The Morgan fingerprint density at radius 1 is 0.975 bits per heavy atom. The molecule has 0 bridgehead atoms. The number of aromatic nitrogens is 2. The molecule has 6 heteroatoms. The molecule has 0 unspecified atom stereocenters. The van der Waals surface area contributed by atoms with Crippen molar-refractivity contribution < 1.29 is 4.79 Å². The van der Waals surface area contributed by atoms with Crippen LogP contribution in [0.2, 0.25) is 0 Å². The summed E-state index contributed by atoms with van der Waals surface area (Å²) in [5.74, 6) is 0.399. The number of hydrogen-bond donors (Lipinski definition) is 0. The summed E-state index contributed by atoms with van der Waals surface area (Å²) in [7, 11) is 0. The van der Waals surface area contributed by atoms with Crippen molar-refractivity contribution in [2.75, 3.05) is 18.8 Å². The molecule has 2 aliphatic rings. The molecule has 1 amide bonds. The zero-order valence-electron chi connectivity index (χ0n) is 24.4. The predicted octanol–water partition coefficient (Wildman–Crippen LogP) is 7.49. The minimum atomic E-state index is -0.172. The van der Waals surface area contributed by atoms with Crippen molar-refractivity contribution >= 4 is 17.7 Å². The van der Waals surface area contributed by atoms with E-state index in [1.54, 1.807) is 4.57 Å². The Morgan fingerprint density at radius 3 is 2.33 bits per heavy atom. The first-order chi connectivity index (χ1) is 19.5. The van der Waals surface area contributed by atoms with Gasteiger partial charge >= 0.3 is 0 Å². The van der Waals surface area contributed by atoms with Crippen LogP contribution in [0.1, 0.15) is 88.3 Å². The monoisotopic (exact) mass is 557 g/mol. The van der Waals surface area contributed by atoms with Crippen molar-refractivity contribution in [2.24, 2.45) is 0 Å². The number of carbonyl (C=O) groups excluding carboxylic acids is 1. The topological polar surface area (TPSA) is 55.2 Å². The molecule has 1 saturated carbocycles. The van der Waals surface area contributed by atoms with Crippen molar-refractivity contribution in [1.29, 1.82) is 0 Å². The highest BCUT2D eigenvalue weighted by molar-refractivity contribution is 7.99. The Hall–Kier alpha value is -2.86. The summed E-state index contributed by atoms with van der Waals surface area (Å²) in [5, 5.41) is 0.606. The van der Waals surface area contributed by atoms with Gasteiger partial charge in [-0.25, -0.2) is 4.98 Å². The molecule has 2 aromatic carbocycles. The van der Waals surface area contributed by atoms with Crippen LogP contribution >= 0.6 is 11.8 Å². The summed E-state index contributed by atoms with van der Waals surface area (Å²) in [6.45, 7) is 7.94. The van der Waals surface area contributed by atoms with Crippen LogP contribution in [0.4, 0.5) is 0 Å². The van der Waals surface area contributed by atoms with E-state index >= 15 is 0 Å². The molecule has 3 aromatic rings. The molecular weight excluding hydrogens is 514 g/mol. The number of aryl methyl sites for hydroxylation is 1. The molecule has 0 atom stereocenters. The third-order valence-corrected chi connectivity index (χ3v) is 9.65. The average Bonchev–Trinajstić information content (AvgIpc) is 2.97. The summed E-state index contributed by atoms with van der Waals surface area (Å²) in [4.78, 5) is 35.4. The van der Waals surface area contributed by atoms with Crippen molar-refractivity contribution in [3.63, 3.8) is 0 Å². The molecule has 1 fully saturated rings. The van der Waals surface area contributed by atoms with Gasteiger partial charge in [0, 0.05) is 24.1 Å². The largest absolute Gasteiger partial charge is 0.342 e. The number of thioether (sulfide) groups is 1. The standard InChI is InChI=1S/C34H43N3O2S/c1-4-6-21-36(22-7-5-2)29(38)24-40-33-35-31-28-14-10-9-13-26(28)23-34(19-11-8-12-20-34)30(31)32(39)37(33)27-17-15-25(3)16-18-27/h9-10,13-18H,4-8,11-12,19-24H2,1-3H3. The SMILES string of the molecule is CCCCN(CCCC)C(=O)CSc1nc2c(c(=O)n1-c1ccc(C)cc1)C1(CCCCC1)Cc1ccccc1-2. The molecule has 0 aliphatic heterocycles. The average molecular weight is 558 g/mol. The molecule has 40 heavy (non-hydrogen) atoms. The van der Waals surface area contributed by atoms with Crippen molar-refractivity contribution in [1.82, 2.24) is 14.5 Å². The van der Waals surface area contributed by atoms with Gasteiger partial charge in [0.1, 0.15) is 0 Å². The lowest BCUT2D eigenvalue weighted by Gasteiger charge is -2.42. The van der Waals surface area contributed by atoms with Crippen molar-refractivity contribution in [2.45, 2.75) is 95.6 Å². The fourth-order valence-corrected chi connectivity index (χ4v) is 7.39. The van der Waals surface area contributed by atoms with E-state index in [4.69, 9.17) is 4.98 Å². The normalized spacial score (nSPS) is 15.5. The summed E-state index contributed by atoms with van der Waals surface area (Å²) < 4.78 is 1.79. The Balaban J connectivity index is 1.61. The molecular formula is C34H43N3O2S. The van der Waals surface area contributed by atoms with E-state index in [2.05, 4.69) is 39.0 Å². The minimum absolute atomic E-state index is 0.0361. The molecule has 0 N–H and O–H groups in total. The van der Waals surface area contributed by atoms with E-state index in [-0.39, 0.29) is 22.6 Å². The third kappa shape index (κ3) is 5.79. The number of fused-ring (bicyclic) bond motifs is 4. The van der Waals surface area contributed by atoms with Crippen LogP contribution in [-0.2, 0) is 16.6 Å². The molecule has 5 nitrogen and oxygen atoms in total. The lowest BCUT2D eigenvalue weighted by Crippen LogP contribution is -2.43. The molecule has 0 saturated heterocycles. The van der Waals surface area contributed by atoms with Gasteiger partial charge in [0.05, 0.1) is 22.7 Å². The molecule has 0 radical (unpaired) electrons. The summed E-state index contributed by atoms with van der Waals surface area (Å²) in [6, 6.07) is 16.6. The van der Waals surface area contributed by atoms with E-state index in [1.807, 2.05) is 35.2 Å². The Kier molecular flexibility index (Phi) is 9.14. The van der Waals surface area contributed by atoms with Crippen LogP contribution in [0, 0.1) is 6.92 Å². The van der Waals surface area contributed by atoms with Gasteiger partial charge in [0.25, 0.3) is 5.56 Å². The first-order valence-corrected chi connectivity index (χ1v) is 16.2. The molecule has 5 rings (SSSR count). The van der Waals surface area contributed by atoms with Crippen LogP contribution < -0.4 is 5.56 Å². The predicted molar refractivity (Wildman–Crippen MR) is 166 cm³/mol. The van der Waals surface area contributed by atoms with Gasteiger partial charge < -0.3 is 4.90 Å². The van der Waals surface area contributed by atoms with Crippen molar-refractivity contribution in [3.8, 4) is 16.9 Å². The molecule has 2 aliphatic carbocycles. The summed E-state index contributed by atoms with van der Waals surface area (Å²) >= 11 is 1.41. The Bertz CT molecular complexity index is 1380. The van der Waals surface area contributed by atoms with Gasteiger partial charge in [-0.2, -0.15) is 0 Å². The van der Waals surface area contributed by atoms with Gasteiger partial charge in [-0.3, -0.25) is 14.2 Å². The van der Waals surface area contributed by atoms with E-state index < -0.39 is 0 Å². The maximum atomic E-state index is 14.7. The van der Waals surface area contributed by atoms with Crippen LogP contribution in [0.25, 0.3) is 16.9 Å². The maximum absolute atomic E-state index is 14.7. The lowest BCUT2D eigenvalue weighted by atomic mass is 9.62. The zero-order chi connectivity index (χ0) is 28.1. The fraction of sp³-hybridized carbons (Fsp3) is 0.500. The number of hydrogen-bond acceptors (Lipinski definition) is 4. The van der Waals surface area contributed by atoms with E-state index in [1.165, 1.54) is 23.7 Å². The quantitative estimate of drug-likeness (QED) is 0.191. The zero-order valence-corrected chi connectivity index (χ0v) is 25.2. The highest BCUT2D eigenvalue weighted by Crippen LogP contribution is 2.49. The molecule has 1 spiro atoms. The Morgan fingerprint density at radius 2 is 1.65 bits per heavy atom. The number of amides is 1. The van der Waals surface area contributed by atoms with Crippen molar-refractivity contribution in [3.05, 3.63) is 75.6 Å². The van der Waals surface area contributed by atoms with E-state index in [0.717, 1.165) is 98.9 Å². The third-order valence-electron chi connectivity index (χ3n) is 8.73. The highest BCUT2D eigenvalue weighted by atomic mass is 32.2. The first-order valence-electron chi connectivity index (χ1n) is 15.2. The van der Waals surface area contributed by atoms with Gasteiger partial charge in [-0.15, -0.1) is 0 Å². The van der Waals surface area contributed by atoms with Crippen LogP contribution in [0.15, 0.2) is 58.5 Å². The Labute approximate surface area is 243 Å². The van der Waals surface area contributed by atoms with Gasteiger partial charge in [-0.1, -0.05) is 99.7 Å². The van der Waals surface area contributed by atoms with E-state index in [0.29, 0.717) is 5.16 Å². The van der Waals surface area contributed by atoms with Gasteiger partial charge in [-0.05, 0) is 56.7 Å². The number of nitrogens with zero attached hydrogens (tertiary/aromatic N) is 3. The fourth-order valence-electron chi connectivity index (χ4n) is 6.48. The van der Waals surface area contributed by atoms with Crippen LogP contribution in [0.5, 0.6) is 0 Å². The smallest absolute Gasteiger partial charge is 0.263 e. The molecule has 1 heterocycles. The highest BCUT2D eigenvalue weighted by Gasteiger charge is 2.43. The number of rotatable bonds is 10. The number of unbranched alkanes of at least 4 members (excludes halogenated alkanes) is 2. The maximum Gasteiger partial charge on any atom is 0.263 e. The molecule has 1 aromatic heterocycles. The summed E-state index contributed by atoms with van der Waals surface area (Å²) in [6.07, 6.45) is 10.6. The second kappa shape index (κ2) is 12.8. The lowest BCUT2D eigenvalue weighted by molar-refractivity contribution is -0.128. The number of benzene rings is 2. The van der Waals surface area contributed by atoms with Crippen LogP contribution in [-0.4, -0.2) is 39.2 Å². The second-order valence-electron chi connectivity index (χ2n) is 11.6. The molecule has 212 valence electrons. The number of carbonyl (C=O) groups is 1. The van der Waals surface area contributed by atoms with Crippen LogP contribution in [0.3, 0.4) is 0 Å². The summed E-state index contributed by atoms with van der Waals surface area (Å²) in [5.41, 5.74) is 5.90. The second-order valence-corrected chi connectivity index (χ2v) is 12.6. The van der Waals surface area contributed by atoms with E-state index in [9.17, 15) is 9.59 Å². The minimum Gasteiger partial charge on any atom is -0.342 e.